The summed E-state index contributed by atoms with van der Waals surface area (Å²) >= 11 is 0. The lowest BCUT2D eigenvalue weighted by molar-refractivity contribution is -0.138. The summed E-state index contributed by atoms with van der Waals surface area (Å²) < 4.78 is 27.4. The maximum absolute atomic E-state index is 13.9. The van der Waals surface area contributed by atoms with Crippen molar-refractivity contribution < 1.29 is 28.3 Å². The molecular weight excluding hydrogens is 370 g/mol. The number of carboxylic acid groups (broad SMARTS) is 1. The first kappa shape index (κ1) is 21.8. The summed E-state index contributed by atoms with van der Waals surface area (Å²) in [4.78, 5) is 37.1. The number of rotatable bonds is 9. The highest BCUT2D eigenvalue weighted by molar-refractivity contribution is 5.82. The topological polar surface area (TPSA) is 86.7 Å². The molecule has 1 fully saturated rings. The van der Waals surface area contributed by atoms with E-state index in [1.807, 2.05) is 13.8 Å². The third-order valence-corrected chi connectivity index (χ3v) is 5.32. The summed E-state index contributed by atoms with van der Waals surface area (Å²) in [7, 11) is 0. The summed E-state index contributed by atoms with van der Waals surface area (Å²) in [6, 6.07) is 2.86. The Kier molecular flexibility index (Phi) is 7.48. The standard InChI is InChI=1S/C20H26F2N2O4/c1-3-12(2)16(10-19(27)28)23-17(25)9-14-7-8-18(26)24(14)11-13-5-4-6-15(21)20(13)22/h4-6,12,14,16H,3,7-11H2,1-2H3,(H,23,25)(H,27,28)/t12-,14-,16-/m1/s1. The van der Waals surface area contributed by atoms with E-state index in [2.05, 4.69) is 5.32 Å². The number of benzene rings is 1. The highest BCUT2D eigenvalue weighted by Gasteiger charge is 2.34. The predicted octanol–water partition coefficient (Wildman–Crippen LogP) is 2.85. The average Bonchev–Trinajstić information content (AvgIpc) is 2.97. The molecular formula is C20H26F2N2O4. The van der Waals surface area contributed by atoms with Gasteiger partial charge >= 0.3 is 5.97 Å². The zero-order chi connectivity index (χ0) is 20.8. The molecule has 0 aliphatic carbocycles. The monoisotopic (exact) mass is 396 g/mol. The highest BCUT2D eigenvalue weighted by Crippen LogP contribution is 2.25. The van der Waals surface area contributed by atoms with E-state index in [1.54, 1.807) is 0 Å². The number of amides is 2. The van der Waals surface area contributed by atoms with Gasteiger partial charge in [0.1, 0.15) is 0 Å². The van der Waals surface area contributed by atoms with Crippen molar-refractivity contribution in [1.82, 2.24) is 10.2 Å². The average molecular weight is 396 g/mol. The van der Waals surface area contributed by atoms with Gasteiger partial charge in [-0.2, -0.15) is 0 Å². The molecule has 2 rings (SSSR count). The minimum absolute atomic E-state index is 0.00473. The molecule has 0 radical (unpaired) electrons. The number of hydrogen-bond acceptors (Lipinski definition) is 3. The van der Waals surface area contributed by atoms with Crippen LogP contribution in [0, 0.1) is 17.6 Å². The van der Waals surface area contributed by atoms with Gasteiger partial charge in [-0.15, -0.1) is 0 Å². The SMILES string of the molecule is CC[C@@H](C)[C@@H](CC(=O)O)NC(=O)C[C@H]1CCC(=O)N1Cc1cccc(F)c1F. The van der Waals surface area contributed by atoms with Crippen LogP contribution in [0.2, 0.25) is 0 Å². The Hall–Kier alpha value is -2.51. The zero-order valence-electron chi connectivity index (χ0n) is 16.1. The molecule has 154 valence electrons. The van der Waals surface area contributed by atoms with Gasteiger partial charge in [-0.05, 0) is 18.4 Å². The van der Waals surface area contributed by atoms with Crippen LogP contribution in [-0.4, -0.2) is 39.9 Å². The Labute approximate surface area is 162 Å². The fraction of sp³-hybridized carbons (Fsp3) is 0.550. The molecule has 1 aromatic carbocycles. The van der Waals surface area contributed by atoms with Crippen LogP contribution in [0.3, 0.4) is 0 Å². The fourth-order valence-corrected chi connectivity index (χ4v) is 3.42. The molecule has 1 aliphatic rings. The molecule has 8 heteroatoms. The third kappa shape index (κ3) is 5.50. The summed E-state index contributed by atoms with van der Waals surface area (Å²) in [6.45, 7) is 3.67. The maximum Gasteiger partial charge on any atom is 0.305 e. The molecule has 28 heavy (non-hydrogen) atoms. The number of carboxylic acids is 1. The van der Waals surface area contributed by atoms with Gasteiger partial charge in [-0.3, -0.25) is 14.4 Å². The molecule has 2 amide bonds. The van der Waals surface area contributed by atoms with E-state index >= 15 is 0 Å². The van der Waals surface area contributed by atoms with Crippen LogP contribution in [0.5, 0.6) is 0 Å². The van der Waals surface area contributed by atoms with Crippen LogP contribution >= 0.6 is 0 Å². The van der Waals surface area contributed by atoms with Crippen molar-refractivity contribution in [3.05, 3.63) is 35.4 Å². The number of aliphatic carboxylic acids is 1. The molecule has 1 heterocycles. The third-order valence-electron chi connectivity index (χ3n) is 5.32. The van der Waals surface area contributed by atoms with Crippen LogP contribution in [0.25, 0.3) is 0 Å². The molecule has 0 bridgehead atoms. The molecule has 1 saturated heterocycles. The Balaban J connectivity index is 2.04. The van der Waals surface area contributed by atoms with Gasteiger partial charge < -0.3 is 15.3 Å². The van der Waals surface area contributed by atoms with E-state index in [4.69, 9.17) is 5.11 Å². The van der Waals surface area contributed by atoms with Crippen molar-refractivity contribution in [2.24, 2.45) is 5.92 Å². The second kappa shape index (κ2) is 9.61. The zero-order valence-corrected chi connectivity index (χ0v) is 16.1. The second-order valence-corrected chi connectivity index (χ2v) is 7.29. The van der Waals surface area contributed by atoms with Crippen molar-refractivity contribution >= 4 is 17.8 Å². The van der Waals surface area contributed by atoms with E-state index in [0.29, 0.717) is 12.8 Å². The van der Waals surface area contributed by atoms with Gasteiger partial charge in [0.25, 0.3) is 0 Å². The first-order valence-electron chi connectivity index (χ1n) is 9.46. The fourth-order valence-electron chi connectivity index (χ4n) is 3.42. The molecule has 1 aliphatic heterocycles. The van der Waals surface area contributed by atoms with Crippen LogP contribution in [0.4, 0.5) is 8.78 Å². The van der Waals surface area contributed by atoms with E-state index in [0.717, 1.165) is 6.07 Å². The Bertz CT molecular complexity index is 741. The van der Waals surface area contributed by atoms with Crippen LogP contribution < -0.4 is 5.32 Å². The normalized spacial score (nSPS) is 18.8. The summed E-state index contributed by atoms with van der Waals surface area (Å²) in [6.07, 6.45) is 1.21. The first-order chi connectivity index (χ1) is 13.2. The van der Waals surface area contributed by atoms with Gasteiger partial charge in [-0.1, -0.05) is 32.4 Å². The number of nitrogens with one attached hydrogen (secondary N) is 1. The van der Waals surface area contributed by atoms with Gasteiger partial charge in [0.05, 0.1) is 6.42 Å². The van der Waals surface area contributed by atoms with E-state index in [9.17, 15) is 23.2 Å². The summed E-state index contributed by atoms with van der Waals surface area (Å²) in [5.74, 6) is -3.55. The number of carbonyl (C=O) groups excluding carboxylic acids is 2. The highest BCUT2D eigenvalue weighted by atomic mass is 19.2. The van der Waals surface area contributed by atoms with E-state index in [1.165, 1.54) is 17.0 Å². The minimum Gasteiger partial charge on any atom is -0.481 e. The van der Waals surface area contributed by atoms with Gasteiger partial charge in [0.2, 0.25) is 11.8 Å². The largest absolute Gasteiger partial charge is 0.481 e. The van der Waals surface area contributed by atoms with Crippen molar-refractivity contribution in [2.45, 2.75) is 64.6 Å². The van der Waals surface area contributed by atoms with Crippen LogP contribution in [0.1, 0.15) is 51.5 Å². The number of carbonyl (C=O) groups is 3. The lowest BCUT2D eigenvalue weighted by atomic mass is 9.96. The van der Waals surface area contributed by atoms with Crippen LogP contribution in [-0.2, 0) is 20.9 Å². The molecule has 2 N–H and O–H groups in total. The molecule has 6 nitrogen and oxygen atoms in total. The number of likely N-dealkylation sites (tertiary alicyclic amines) is 1. The van der Waals surface area contributed by atoms with Crippen LogP contribution in [0.15, 0.2) is 18.2 Å². The second-order valence-electron chi connectivity index (χ2n) is 7.29. The summed E-state index contributed by atoms with van der Waals surface area (Å²) in [5.41, 5.74) is 0.0593. The number of halogens is 2. The first-order valence-corrected chi connectivity index (χ1v) is 9.46. The Morgan fingerprint density at radius 3 is 2.71 bits per heavy atom. The number of nitrogens with zero attached hydrogens (tertiary/aromatic N) is 1. The predicted molar refractivity (Wildman–Crippen MR) is 98.2 cm³/mol. The van der Waals surface area contributed by atoms with E-state index < -0.39 is 29.7 Å². The van der Waals surface area contributed by atoms with E-state index in [-0.39, 0.29) is 49.1 Å². The molecule has 0 unspecified atom stereocenters. The van der Waals surface area contributed by atoms with Gasteiger partial charge in [-0.25, -0.2) is 8.78 Å². The molecule has 1 aromatic rings. The Morgan fingerprint density at radius 2 is 2.07 bits per heavy atom. The minimum atomic E-state index is -0.997. The molecule has 0 spiro atoms. The molecule has 3 atom stereocenters. The van der Waals surface area contributed by atoms with Gasteiger partial charge in [0, 0.05) is 37.0 Å². The summed E-state index contributed by atoms with van der Waals surface area (Å²) in [5, 5.41) is 11.8. The lowest BCUT2D eigenvalue weighted by Gasteiger charge is -2.27. The van der Waals surface area contributed by atoms with Crippen molar-refractivity contribution in [2.75, 3.05) is 0 Å². The van der Waals surface area contributed by atoms with Gasteiger partial charge in [0.15, 0.2) is 11.6 Å². The Morgan fingerprint density at radius 1 is 1.36 bits per heavy atom. The maximum atomic E-state index is 13.9. The molecule has 0 aromatic heterocycles. The van der Waals surface area contributed by atoms with Crippen molar-refractivity contribution in [3.63, 3.8) is 0 Å². The molecule has 0 saturated carbocycles. The quantitative estimate of drug-likeness (QED) is 0.672. The van der Waals surface area contributed by atoms with Crippen molar-refractivity contribution in [3.8, 4) is 0 Å². The smallest absolute Gasteiger partial charge is 0.305 e. The lowest BCUT2D eigenvalue weighted by Crippen LogP contribution is -2.43. The number of hydrogen-bond donors (Lipinski definition) is 2. The van der Waals surface area contributed by atoms with Crippen molar-refractivity contribution in [1.29, 1.82) is 0 Å².